The van der Waals surface area contributed by atoms with Crippen LogP contribution in [0.25, 0.3) is 0 Å². The number of benzene rings is 1. The molecule has 0 fully saturated rings. The van der Waals surface area contributed by atoms with E-state index < -0.39 is 10.0 Å². The normalized spacial score (nSPS) is 11.1. The highest BCUT2D eigenvalue weighted by Crippen LogP contribution is 2.28. The van der Waals surface area contributed by atoms with Crippen molar-refractivity contribution >= 4 is 33.3 Å². The molecule has 0 amide bonds. The summed E-state index contributed by atoms with van der Waals surface area (Å²) >= 11 is 5.86. The number of sulfonamides is 1. The maximum absolute atomic E-state index is 12.4. The molecule has 1 aromatic heterocycles. The monoisotopic (exact) mass is 342 g/mol. The fourth-order valence-electron chi connectivity index (χ4n) is 1.68. The van der Waals surface area contributed by atoms with Gasteiger partial charge in [-0.1, -0.05) is 11.6 Å². The number of nitrogens with zero attached hydrogens (tertiary/aromatic N) is 3. The molecule has 0 saturated heterocycles. The summed E-state index contributed by atoms with van der Waals surface area (Å²) in [5, 5.41) is 0.292. The summed E-state index contributed by atoms with van der Waals surface area (Å²) in [6, 6.07) is 4.36. The third-order valence-electron chi connectivity index (χ3n) is 2.71. The maximum Gasteiger partial charge on any atom is 0.265 e. The first-order chi connectivity index (χ1) is 10.3. The first-order valence-electron chi connectivity index (χ1n) is 6.19. The summed E-state index contributed by atoms with van der Waals surface area (Å²) in [6.45, 7) is 0. The molecule has 0 aliphatic heterocycles. The van der Waals surface area contributed by atoms with Crippen LogP contribution < -0.4 is 14.4 Å². The fraction of sp³-hybridized carbons (Fsp3) is 0.231. The molecule has 1 aromatic carbocycles. The molecule has 22 heavy (non-hydrogen) atoms. The van der Waals surface area contributed by atoms with Crippen molar-refractivity contribution in [2.75, 3.05) is 30.8 Å². The van der Waals surface area contributed by atoms with Gasteiger partial charge < -0.3 is 9.64 Å². The largest absolute Gasteiger partial charge is 0.495 e. The van der Waals surface area contributed by atoms with E-state index in [1.807, 2.05) is 0 Å². The number of anilines is 2. The molecule has 0 bridgehead atoms. The van der Waals surface area contributed by atoms with Gasteiger partial charge in [-0.15, -0.1) is 0 Å². The average molecular weight is 343 g/mol. The van der Waals surface area contributed by atoms with Crippen LogP contribution >= 0.6 is 11.6 Å². The zero-order valence-corrected chi connectivity index (χ0v) is 13.8. The summed E-state index contributed by atoms with van der Waals surface area (Å²) in [4.78, 5) is 9.74. The Kier molecular flexibility index (Phi) is 4.72. The second-order valence-electron chi connectivity index (χ2n) is 4.57. The van der Waals surface area contributed by atoms with Gasteiger partial charge in [0.05, 0.1) is 25.2 Å². The quantitative estimate of drug-likeness (QED) is 0.894. The Morgan fingerprint density at radius 1 is 1.23 bits per heavy atom. The minimum Gasteiger partial charge on any atom is -0.495 e. The van der Waals surface area contributed by atoms with Gasteiger partial charge in [0.1, 0.15) is 10.6 Å². The molecule has 1 N–H and O–H groups in total. The lowest BCUT2D eigenvalue weighted by Gasteiger charge is -2.13. The molecule has 2 aromatic rings. The molecule has 0 aliphatic carbocycles. The molecule has 0 saturated carbocycles. The third kappa shape index (κ3) is 3.58. The lowest BCUT2D eigenvalue weighted by molar-refractivity contribution is 0.403. The van der Waals surface area contributed by atoms with Crippen molar-refractivity contribution in [1.29, 1.82) is 0 Å². The Balaban J connectivity index is 2.33. The molecule has 0 radical (unpaired) electrons. The molecule has 2 rings (SSSR count). The van der Waals surface area contributed by atoms with Crippen molar-refractivity contribution in [2.24, 2.45) is 0 Å². The van der Waals surface area contributed by atoms with Crippen LogP contribution in [0, 0.1) is 0 Å². The number of hydrogen-bond acceptors (Lipinski definition) is 6. The van der Waals surface area contributed by atoms with Gasteiger partial charge in [-0.25, -0.2) is 18.4 Å². The summed E-state index contributed by atoms with van der Waals surface area (Å²) in [6.07, 6.45) is 2.77. The maximum atomic E-state index is 12.4. The van der Waals surface area contributed by atoms with Crippen LogP contribution in [0.15, 0.2) is 35.5 Å². The van der Waals surface area contributed by atoms with E-state index in [0.717, 1.165) is 0 Å². The number of ether oxygens (including phenoxy) is 1. The highest BCUT2D eigenvalue weighted by Gasteiger charge is 2.20. The van der Waals surface area contributed by atoms with E-state index in [1.165, 1.54) is 31.6 Å². The zero-order valence-electron chi connectivity index (χ0n) is 12.2. The minimum absolute atomic E-state index is 0.0563. The van der Waals surface area contributed by atoms with Crippen molar-refractivity contribution in [1.82, 2.24) is 9.97 Å². The second-order valence-corrected chi connectivity index (χ2v) is 6.65. The molecule has 118 valence electrons. The van der Waals surface area contributed by atoms with Crippen molar-refractivity contribution in [2.45, 2.75) is 4.90 Å². The van der Waals surface area contributed by atoms with Crippen molar-refractivity contribution in [3.63, 3.8) is 0 Å². The zero-order chi connectivity index (χ0) is 16.3. The van der Waals surface area contributed by atoms with E-state index in [4.69, 9.17) is 16.3 Å². The predicted molar refractivity (Wildman–Crippen MR) is 85.2 cm³/mol. The molecule has 0 aliphatic rings. The van der Waals surface area contributed by atoms with Crippen LogP contribution in [0.5, 0.6) is 5.75 Å². The molecule has 7 nitrogen and oxygen atoms in total. The lowest BCUT2D eigenvalue weighted by Crippen LogP contribution is -2.16. The molecular formula is C13H15ClN4O3S. The number of rotatable bonds is 5. The molecule has 0 spiro atoms. The summed E-state index contributed by atoms with van der Waals surface area (Å²) < 4.78 is 32.3. The Morgan fingerprint density at radius 3 is 2.41 bits per heavy atom. The third-order valence-corrected chi connectivity index (χ3v) is 4.34. The molecule has 0 unspecified atom stereocenters. The minimum atomic E-state index is -3.86. The smallest absolute Gasteiger partial charge is 0.265 e. The van der Waals surface area contributed by atoms with Crippen LogP contribution in [0.1, 0.15) is 0 Å². The van der Waals surface area contributed by atoms with Crippen LogP contribution in [0.4, 0.5) is 11.6 Å². The Hall–Kier alpha value is -2.06. The van der Waals surface area contributed by atoms with E-state index in [1.54, 1.807) is 25.1 Å². The van der Waals surface area contributed by atoms with Crippen LogP contribution in [0.2, 0.25) is 5.02 Å². The Labute approximate surface area is 134 Å². The van der Waals surface area contributed by atoms with E-state index in [2.05, 4.69) is 14.7 Å². The van der Waals surface area contributed by atoms with E-state index >= 15 is 0 Å². The first kappa shape index (κ1) is 16.3. The van der Waals surface area contributed by atoms with Crippen molar-refractivity contribution < 1.29 is 13.2 Å². The van der Waals surface area contributed by atoms with Gasteiger partial charge in [0.2, 0.25) is 5.95 Å². The standard InChI is InChI=1S/C13H15ClN4O3S/c1-18(2)13-15-7-10(8-16-13)17-22(19,20)12-6-9(14)4-5-11(12)21-3/h4-8,17H,1-3H3. The number of aromatic nitrogens is 2. The number of nitrogens with one attached hydrogen (secondary N) is 1. The highest BCUT2D eigenvalue weighted by molar-refractivity contribution is 7.92. The fourth-order valence-corrected chi connectivity index (χ4v) is 3.14. The molecule has 9 heteroatoms. The van der Waals surface area contributed by atoms with Gasteiger partial charge in [-0.2, -0.15) is 0 Å². The van der Waals surface area contributed by atoms with Crippen molar-refractivity contribution in [3.8, 4) is 5.75 Å². The average Bonchev–Trinajstić information content (AvgIpc) is 2.47. The SMILES string of the molecule is COc1ccc(Cl)cc1S(=O)(=O)Nc1cnc(N(C)C)nc1. The summed E-state index contributed by atoms with van der Waals surface area (Å²) in [5.74, 6) is 0.672. The van der Waals surface area contributed by atoms with Gasteiger partial charge in [-0.05, 0) is 18.2 Å². The first-order valence-corrected chi connectivity index (χ1v) is 8.05. The summed E-state index contributed by atoms with van der Waals surface area (Å²) in [5.41, 5.74) is 0.243. The van der Waals surface area contributed by atoms with Gasteiger partial charge in [0.25, 0.3) is 10.0 Å². The lowest BCUT2D eigenvalue weighted by atomic mass is 10.3. The molecule has 1 heterocycles. The van der Waals surface area contributed by atoms with Crippen LogP contribution in [0.3, 0.4) is 0 Å². The van der Waals surface area contributed by atoms with E-state index in [0.29, 0.717) is 11.0 Å². The number of halogens is 1. The van der Waals surface area contributed by atoms with Gasteiger partial charge in [-0.3, -0.25) is 4.72 Å². The van der Waals surface area contributed by atoms with Gasteiger partial charge in [0, 0.05) is 19.1 Å². The van der Waals surface area contributed by atoms with E-state index in [9.17, 15) is 8.42 Å². The second kappa shape index (κ2) is 6.37. The van der Waals surface area contributed by atoms with Crippen molar-refractivity contribution in [3.05, 3.63) is 35.6 Å². The highest BCUT2D eigenvalue weighted by atomic mass is 35.5. The summed E-state index contributed by atoms with van der Waals surface area (Å²) in [7, 11) is 1.10. The number of hydrogen-bond donors (Lipinski definition) is 1. The van der Waals surface area contributed by atoms with Crippen LogP contribution in [-0.4, -0.2) is 39.6 Å². The van der Waals surface area contributed by atoms with E-state index in [-0.39, 0.29) is 16.3 Å². The Morgan fingerprint density at radius 2 is 1.86 bits per heavy atom. The molecular weight excluding hydrogens is 328 g/mol. The van der Waals surface area contributed by atoms with Gasteiger partial charge in [0.15, 0.2) is 0 Å². The molecule has 0 atom stereocenters. The van der Waals surface area contributed by atoms with Gasteiger partial charge >= 0.3 is 0 Å². The Bertz CT molecular complexity index is 763. The van der Waals surface area contributed by atoms with Crippen LogP contribution in [-0.2, 0) is 10.0 Å². The predicted octanol–water partition coefficient (Wildman–Crippen LogP) is 2.01. The topological polar surface area (TPSA) is 84.4 Å². The number of methoxy groups -OCH3 is 1.